The van der Waals surface area contributed by atoms with Crippen molar-refractivity contribution in [3.8, 4) is 0 Å². The highest BCUT2D eigenvalue weighted by atomic mass is 35.5. The Bertz CT molecular complexity index is 668. The van der Waals surface area contributed by atoms with Gasteiger partial charge in [0.05, 0.1) is 6.10 Å². The summed E-state index contributed by atoms with van der Waals surface area (Å²) in [4.78, 5) is 25.3. The molecule has 4 N–H and O–H groups in total. The maximum Gasteiger partial charge on any atom is 0.490 e. The summed E-state index contributed by atoms with van der Waals surface area (Å²) < 4.78 is 31.7. The van der Waals surface area contributed by atoms with Crippen LogP contribution in [0.5, 0.6) is 0 Å². The SMILES string of the molecule is CCN1CCN(CC(O)CNC(=O)Nc2ccc(Cl)cc2)CC1.O=C(O)C(F)(F)F. The first kappa shape index (κ1) is 26.0. The van der Waals surface area contributed by atoms with Crippen molar-refractivity contribution in [3.05, 3.63) is 29.3 Å². The number of amides is 2. The lowest BCUT2D eigenvalue weighted by Crippen LogP contribution is -2.50. The van der Waals surface area contributed by atoms with Gasteiger partial charge in [0.15, 0.2) is 0 Å². The number of aliphatic carboxylic acids is 1. The number of aliphatic hydroxyl groups excluding tert-OH is 1. The van der Waals surface area contributed by atoms with Gasteiger partial charge in [-0.2, -0.15) is 13.2 Å². The molecule has 1 aliphatic heterocycles. The molecule has 30 heavy (non-hydrogen) atoms. The summed E-state index contributed by atoms with van der Waals surface area (Å²) in [5, 5.41) is 23.2. The molecule has 8 nitrogen and oxygen atoms in total. The van der Waals surface area contributed by atoms with E-state index in [0.717, 1.165) is 32.7 Å². The molecule has 1 fully saturated rings. The third kappa shape index (κ3) is 10.6. The minimum absolute atomic E-state index is 0.230. The molecule has 0 saturated carbocycles. The van der Waals surface area contributed by atoms with E-state index in [1.165, 1.54) is 0 Å². The summed E-state index contributed by atoms with van der Waals surface area (Å²) >= 11 is 5.79. The number of piperazine rings is 1. The molecule has 1 aliphatic rings. The van der Waals surface area contributed by atoms with Crippen molar-refractivity contribution in [2.24, 2.45) is 0 Å². The predicted octanol–water partition coefficient (Wildman–Crippen LogP) is 2.09. The number of rotatable bonds is 6. The van der Waals surface area contributed by atoms with Crippen LogP contribution in [0.25, 0.3) is 0 Å². The monoisotopic (exact) mass is 454 g/mol. The van der Waals surface area contributed by atoms with E-state index in [-0.39, 0.29) is 12.6 Å². The highest BCUT2D eigenvalue weighted by Gasteiger charge is 2.38. The Morgan fingerprint density at radius 3 is 2.10 bits per heavy atom. The van der Waals surface area contributed by atoms with Crippen molar-refractivity contribution in [1.82, 2.24) is 15.1 Å². The number of urea groups is 1. The van der Waals surface area contributed by atoms with Gasteiger partial charge in [-0.05, 0) is 30.8 Å². The average molecular weight is 455 g/mol. The topological polar surface area (TPSA) is 105 Å². The lowest BCUT2D eigenvalue weighted by Gasteiger charge is -2.35. The minimum Gasteiger partial charge on any atom is -0.475 e. The molecule has 1 saturated heterocycles. The zero-order valence-electron chi connectivity index (χ0n) is 16.5. The highest BCUT2D eigenvalue weighted by molar-refractivity contribution is 6.30. The van der Waals surface area contributed by atoms with Gasteiger partial charge in [-0.1, -0.05) is 18.5 Å². The molecule has 170 valence electrons. The second kappa shape index (κ2) is 12.6. The Morgan fingerprint density at radius 1 is 1.13 bits per heavy atom. The lowest BCUT2D eigenvalue weighted by atomic mass is 10.2. The van der Waals surface area contributed by atoms with Crippen LogP contribution < -0.4 is 10.6 Å². The zero-order valence-corrected chi connectivity index (χ0v) is 17.2. The highest BCUT2D eigenvalue weighted by Crippen LogP contribution is 2.13. The van der Waals surface area contributed by atoms with Crippen LogP contribution in [0.1, 0.15) is 6.92 Å². The van der Waals surface area contributed by atoms with Crippen LogP contribution in [0.2, 0.25) is 5.02 Å². The van der Waals surface area contributed by atoms with E-state index < -0.39 is 18.2 Å². The standard InChI is InChI=1S/C16H25ClN4O2.C2HF3O2/c1-2-20-7-9-21(10-8-20)12-15(22)11-18-16(23)19-14-5-3-13(17)4-6-14;3-2(4,5)1(6)7/h3-6,15,22H,2,7-12H2,1H3,(H2,18,19,23);(H,6,7). The van der Waals surface area contributed by atoms with Gasteiger partial charge < -0.3 is 25.7 Å². The van der Waals surface area contributed by atoms with E-state index in [4.69, 9.17) is 21.5 Å². The number of carbonyl (C=O) groups excluding carboxylic acids is 1. The summed E-state index contributed by atoms with van der Waals surface area (Å²) in [5.41, 5.74) is 0.664. The third-order valence-electron chi connectivity index (χ3n) is 4.22. The van der Waals surface area contributed by atoms with Crippen LogP contribution >= 0.6 is 11.6 Å². The summed E-state index contributed by atoms with van der Waals surface area (Å²) in [5.74, 6) is -2.76. The fraction of sp³-hybridized carbons (Fsp3) is 0.556. The molecule has 1 atom stereocenters. The van der Waals surface area contributed by atoms with Gasteiger partial charge in [-0.3, -0.25) is 4.90 Å². The van der Waals surface area contributed by atoms with Crippen molar-refractivity contribution >= 4 is 29.3 Å². The number of aliphatic hydroxyl groups is 1. The Kier molecular flexibility index (Phi) is 10.9. The largest absolute Gasteiger partial charge is 0.490 e. The van der Waals surface area contributed by atoms with Crippen LogP contribution in [0, 0.1) is 0 Å². The molecule has 0 aliphatic carbocycles. The van der Waals surface area contributed by atoms with E-state index in [2.05, 4.69) is 27.4 Å². The van der Waals surface area contributed by atoms with E-state index >= 15 is 0 Å². The molecule has 1 unspecified atom stereocenters. The number of hydrogen-bond acceptors (Lipinski definition) is 5. The molecule has 0 bridgehead atoms. The maximum atomic E-state index is 11.8. The van der Waals surface area contributed by atoms with E-state index in [1.54, 1.807) is 24.3 Å². The molecule has 0 spiro atoms. The Labute approximate surface area is 177 Å². The third-order valence-corrected chi connectivity index (χ3v) is 4.48. The van der Waals surface area contributed by atoms with E-state index in [9.17, 15) is 23.1 Å². The number of carboxylic acids is 1. The number of halogens is 4. The van der Waals surface area contributed by atoms with Gasteiger partial charge in [0, 0.05) is 50.0 Å². The van der Waals surface area contributed by atoms with Crippen LogP contribution in [-0.2, 0) is 4.79 Å². The van der Waals surface area contributed by atoms with E-state index in [0.29, 0.717) is 17.3 Å². The van der Waals surface area contributed by atoms with Crippen molar-refractivity contribution in [2.75, 3.05) is 51.1 Å². The zero-order chi connectivity index (χ0) is 22.7. The minimum atomic E-state index is -5.08. The normalized spacial score (nSPS) is 16.2. The lowest BCUT2D eigenvalue weighted by molar-refractivity contribution is -0.192. The van der Waals surface area contributed by atoms with Crippen LogP contribution in [0.15, 0.2) is 24.3 Å². The van der Waals surface area contributed by atoms with Gasteiger partial charge in [0.1, 0.15) is 0 Å². The summed E-state index contributed by atoms with van der Waals surface area (Å²) in [7, 11) is 0. The molecule has 0 aromatic heterocycles. The summed E-state index contributed by atoms with van der Waals surface area (Å²) in [6, 6.07) is 6.54. The predicted molar refractivity (Wildman–Crippen MR) is 107 cm³/mol. The van der Waals surface area contributed by atoms with Crippen molar-refractivity contribution in [2.45, 2.75) is 19.2 Å². The Morgan fingerprint density at radius 2 is 1.63 bits per heavy atom. The number of β-amino-alcohol motifs (C(OH)–C–C–N with tert-alkyl or cyclic N) is 1. The van der Waals surface area contributed by atoms with E-state index in [1.807, 2.05) is 0 Å². The number of benzene rings is 1. The molecule has 1 aromatic rings. The summed E-state index contributed by atoms with van der Waals surface area (Å²) in [6.07, 6.45) is -5.65. The van der Waals surface area contributed by atoms with Gasteiger partial charge in [-0.15, -0.1) is 0 Å². The number of carbonyl (C=O) groups is 2. The first-order chi connectivity index (χ1) is 14.0. The molecular weight excluding hydrogens is 429 g/mol. The second-order valence-electron chi connectivity index (χ2n) is 6.53. The van der Waals surface area contributed by atoms with Crippen molar-refractivity contribution in [3.63, 3.8) is 0 Å². The molecule has 2 amide bonds. The maximum absolute atomic E-state index is 11.8. The van der Waals surface area contributed by atoms with Gasteiger partial charge in [-0.25, -0.2) is 9.59 Å². The fourth-order valence-electron chi connectivity index (χ4n) is 2.57. The first-order valence-corrected chi connectivity index (χ1v) is 9.62. The number of alkyl halides is 3. The van der Waals surface area contributed by atoms with Crippen LogP contribution in [-0.4, -0.2) is 90.1 Å². The Balaban J connectivity index is 0.000000553. The van der Waals surface area contributed by atoms with Crippen LogP contribution in [0.3, 0.4) is 0 Å². The fourth-order valence-corrected chi connectivity index (χ4v) is 2.70. The van der Waals surface area contributed by atoms with Crippen molar-refractivity contribution in [1.29, 1.82) is 0 Å². The molecule has 2 rings (SSSR count). The summed E-state index contributed by atoms with van der Waals surface area (Å²) in [6.45, 7) is 8.04. The first-order valence-electron chi connectivity index (χ1n) is 9.24. The van der Waals surface area contributed by atoms with Crippen molar-refractivity contribution < 1.29 is 33.0 Å². The van der Waals surface area contributed by atoms with Gasteiger partial charge >= 0.3 is 18.2 Å². The number of nitrogens with zero attached hydrogens (tertiary/aromatic N) is 2. The number of carboxylic acid groups (broad SMARTS) is 1. The average Bonchev–Trinajstić information content (AvgIpc) is 2.68. The number of likely N-dealkylation sites (N-methyl/N-ethyl adjacent to an activating group) is 1. The van der Waals surface area contributed by atoms with Gasteiger partial charge in [0.2, 0.25) is 0 Å². The smallest absolute Gasteiger partial charge is 0.475 e. The molecule has 1 heterocycles. The number of anilines is 1. The van der Waals surface area contributed by atoms with Crippen LogP contribution in [0.4, 0.5) is 23.7 Å². The van der Waals surface area contributed by atoms with Gasteiger partial charge in [0.25, 0.3) is 0 Å². The Hall–Kier alpha value is -2.08. The quantitative estimate of drug-likeness (QED) is 0.524. The number of nitrogens with one attached hydrogen (secondary N) is 2. The molecule has 0 radical (unpaired) electrons. The molecular formula is C18H26ClF3N4O4. The molecule has 1 aromatic carbocycles. The number of hydrogen-bond donors (Lipinski definition) is 4. The molecule has 12 heteroatoms. The second-order valence-corrected chi connectivity index (χ2v) is 6.97.